The van der Waals surface area contributed by atoms with Gasteiger partial charge in [-0.3, -0.25) is 9.78 Å². The number of benzene rings is 1. The van der Waals surface area contributed by atoms with Crippen LogP contribution < -0.4 is 5.32 Å². The molecule has 3 aromatic rings. The highest BCUT2D eigenvalue weighted by molar-refractivity contribution is 6.07. The van der Waals surface area contributed by atoms with Crippen LogP contribution in [0.15, 0.2) is 48.8 Å². The number of rotatable bonds is 3. The van der Waals surface area contributed by atoms with Crippen molar-refractivity contribution in [2.24, 2.45) is 5.41 Å². The molecule has 0 aliphatic heterocycles. The van der Waals surface area contributed by atoms with Crippen LogP contribution in [0.25, 0.3) is 22.2 Å². The number of aromatic nitrogens is 2. The van der Waals surface area contributed by atoms with E-state index in [-0.39, 0.29) is 17.4 Å². The number of hydrogen-bond acceptors (Lipinski definition) is 3. The third-order valence-electron chi connectivity index (χ3n) is 4.81. The van der Waals surface area contributed by atoms with Gasteiger partial charge in [0.2, 0.25) is 0 Å². The summed E-state index contributed by atoms with van der Waals surface area (Å²) in [6.07, 6.45) is 3.49. The summed E-state index contributed by atoms with van der Waals surface area (Å²) in [5.74, 6) is -0.0736. The Bertz CT molecular complexity index is 943. The number of amides is 1. The average Bonchev–Trinajstić information content (AvgIpc) is 2.60. The third-order valence-corrected chi connectivity index (χ3v) is 4.81. The van der Waals surface area contributed by atoms with Crippen LogP contribution >= 0.6 is 0 Å². The molecule has 1 amide bonds. The quantitative estimate of drug-likeness (QED) is 0.742. The molecule has 3 rings (SSSR count). The van der Waals surface area contributed by atoms with Crippen molar-refractivity contribution < 1.29 is 4.79 Å². The van der Waals surface area contributed by atoms with Crippen LogP contribution in [0.1, 0.15) is 43.6 Å². The zero-order valence-corrected chi connectivity index (χ0v) is 16.0. The van der Waals surface area contributed by atoms with Crippen molar-refractivity contribution in [2.45, 2.75) is 40.7 Å². The van der Waals surface area contributed by atoms with Gasteiger partial charge >= 0.3 is 0 Å². The second kappa shape index (κ2) is 6.87. The van der Waals surface area contributed by atoms with Gasteiger partial charge in [-0.15, -0.1) is 0 Å². The molecule has 4 nitrogen and oxygen atoms in total. The van der Waals surface area contributed by atoms with Crippen molar-refractivity contribution in [3.8, 4) is 11.3 Å². The van der Waals surface area contributed by atoms with Gasteiger partial charge in [-0.2, -0.15) is 0 Å². The van der Waals surface area contributed by atoms with Gasteiger partial charge < -0.3 is 5.32 Å². The van der Waals surface area contributed by atoms with Crippen LogP contribution in [-0.4, -0.2) is 21.9 Å². The van der Waals surface area contributed by atoms with Crippen LogP contribution in [0.4, 0.5) is 0 Å². The van der Waals surface area contributed by atoms with Gasteiger partial charge in [0.25, 0.3) is 5.91 Å². The lowest BCUT2D eigenvalue weighted by Gasteiger charge is -2.28. The minimum absolute atomic E-state index is 0.0133. The van der Waals surface area contributed by atoms with Crippen molar-refractivity contribution >= 4 is 16.8 Å². The molecule has 1 aromatic carbocycles. The molecule has 0 radical (unpaired) electrons. The van der Waals surface area contributed by atoms with E-state index in [1.54, 1.807) is 12.4 Å². The number of nitrogens with one attached hydrogen (secondary N) is 1. The summed E-state index contributed by atoms with van der Waals surface area (Å²) in [6, 6.07) is 11.7. The molecule has 0 saturated heterocycles. The van der Waals surface area contributed by atoms with Gasteiger partial charge in [-0.1, -0.05) is 32.4 Å². The maximum Gasteiger partial charge on any atom is 0.252 e. The predicted octanol–water partition coefficient (Wildman–Crippen LogP) is 4.77. The molecule has 134 valence electrons. The maximum atomic E-state index is 13.1. The Morgan fingerprint density at radius 2 is 1.92 bits per heavy atom. The molecule has 0 unspecified atom stereocenters. The lowest BCUT2D eigenvalue weighted by molar-refractivity contribution is 0.0912. The summed E-state index contributed by atoms with van der Waals surface area (Å²) >= 11 is 0. The second-order valence-electron chi connectivity index (χ2n) is 7.88. The van der Waals surface area contributed by atoms with Crippen molar-refractivity contribution in [1.82, 2.24) is 15.3 Å². The van der Waals surface area contributed by atoms with Crippen molar-refractivity contribution in [3.63, 3.8) is 0 Å². The number of nitrogens with zero attached hydrogens (tertiary/aromatic N) is 2. The first-order valence-corrected chi connectivity index (χ1v) is 8.88. The molecule has 1 atom stereocenters. The number of pyridine rings is 2. The van der Waals surface area contributed by atoms with E-state index in [1.165, 1.54) is 0 Å². The Kier molecular flexibility index (Phi) is 4.77. The Hall–Kier alpha value is -2.75. The normalized spacial score (nSPS) is 12.8. The van der Waals surface area contributed by atoms with Gasteiger partial charge in [-0.25, -0.2) is 4.98 Å². The monoisotopic (exact) mass is 347 g/mol. The fourth-order valence-electron chi connectivity index (χ4n) is 2.68. The fourth-order valence-corrected chi connectivity index (χ4v) is 2.68. The van der Waals surface area contributed by atoms with Crippen LogP contribution in [0.3, 0.4) is 0 Å². The zero-order chi connectivity index (χ0) is 18.9. The van der Waals surface area contributed by atoms with Gasteiger partial charge in [0, 0.05) is 29.4 Å². The standard InChI is InChI=1S/C22H25N3O/c1-14-8-9-19-17(11-14)18(21(26)24-15(2)22(3,4)5)12-20(25-19)16-7-6-10-23-13-16/h6-13,15H,1-5H3,(H,24,26)/t15-/m1/s1. The number of aryl methyl sites for hydroxylation is 1. The van der Waals surface area contributed by atoms with E-state index in [2.05, 4.69) is 31.1 Å². The van der Waals surface area contributed by atoms with E-state index < -0.39 is 0 Å². The summed E-state index contributed by atoms with van der Waals surface area (Å²) in [5.41, 5.74) is 4.20. The molecule has 0 spiro atoms. The molecular weight excluding hydrogens is 322 g/mol. The number of fused-ring (bicyclic) bond motifs is 1. The number of carbonyl (C=O) groups is 1. The second-order valence-corrected chi connectivity index (χ2v) is 7.88. The summed E-state index contributed by atoms with van der Waals surface area (Å²) < 4.78 is 0. The average molecular weight is 347 g/mol. The molecule has 26 heavy (non-hydrogen) atoms. The Morgan fingerprint density at radius 1 is 1.15 bits per heavy atom. The Labute approximate surface area is 154 Å². The topological polar surface area (TPSA) is 54.9 Å². The minimum Gasteiger partial charge on any atom is -0.349 e. The zero-order valence-electron chi connectivity index (χ0n) is 16.0. The first kappa shape index (κ1) is 18.1. The molecule has 0 bridgehead atoms. The van der Waals surface area contributed by atoms with E-state index >= 15 is 0 Å². The van der Waals surface area contributed by atoms with Gasteiger partial charge in [0.05, 0.1) is 16.8 Å². The van der Waals surface area contributed by atoms with Crippen LogP contribution in [0.2, 0.25) is 0 Å². The lowest BCUT2D eigenvalue weighted by atomic mass is 9.88. The summed E-state index contributed by atoms with van der Waals surface area (Å²) in [4.78, 5) is 22.0. The van der Waals surface area contributed by atoms with E-state index in [4.69, 9.17) is 4.98 Å². The van der Waals surface area contributed by atoms with E-state index in [9.17, 15) is 4.79 Å². The molecule has 2 aromatic heterocycles. The molecule has 1 N–H and O–H groups in total. The summed E-state index contributed by atoms with van der Waals surface area (Å²) in [5, 5.41) is 4.02. The smallest absolute Gasteiger partial charge is 0.252 e. The SMILES string of the molecule is Cc1ccc2nc(-c3cccnc3)cc(C(=O)N[C@H](C)C(C)(C)C)c2c1. The van der Waals surface area contributed by atoms with Crippen LogP contribution in [0, 0.1) is 12.3 Å². The Morgan fingerprint density at radius 3 is 2.58 bits per heavy atom. The highest BCUT2D eigenvalue weighted by Gasteiger charge is 2.23. The first-order chi connectivity index (χ1) is 12.3. The maximum absolute atomic E-state index is 13.1. The molecule has 2 heterocycles. The molecule has 4 heteroatoms. The molecule has 0 aliphatic rings. The van der Waals surface area contributed by atoms with Crippen LogP contribution in [0.5, 0.6) is 0 Å². The van der Waals surface area contributed by atoms with E-state index in [1.807, 2.05) is 50.2 Å². The van der Waals surface area contributed by atoms with Gasteiger partial charge in [0.15, 0.2) is 0 Å². The van der Waals surface area contributed by atoms with Crippen LogP contribution in [-0.2, 0) is 0 Å². The third kappa shape index (κ3) is 3.74. The van der Waals surface area contributed by atoms with Crippen molar-refractivity contribution in [1.29, 1.82) is 0 Å². The predicted molar refractivity (Wildman–Crippen MR) is 106 cm³/mol. The highest BCUT2D eigenvalue weighted by atomic mass is 16.1. The summed E-state index contributed by atoms with van der Waals surface area (Å²) in [7, 11) is 0. The minimum atomic E-state index is -0.0736. The number of carbonyl (C=O) groups excluding carboxylic acids is 1. The van der Waals surface area contributed by atoms with Gasteiger partial charge in [0.1, 0.15) is 0 Å². The largest absolute Gasteiger partial charge is 0.349 e. The molecule has 0 saturated carbocycles. The van der Waals surface area contributed by atoms with E-state index in [0.29, 0.717) is 5.56 Å². The van der Waals surface area contributed by atoms with Gasteiger partial charge in [-0.05, 0) is 49.6 Å². The molecule has 0 fully saturated rings. The summed E-state index contributed by atoms with van der Waals surface area (Å²) in [6.45, 7) is 10.4. The Balaban J connectivity index is 2.12. The van der Waals surface area contributed by atoms with Crippen molar-refractivity contribution in [2.75, 3.05) is 0 Å². The number of hydrogen-bond donors (Lipinski definition) is 1. The fraction of sp³-hybridized carbons (Fsp3) is 0.318. The molecular formula is C22H25N3O. The lowest BCUT2D eigenvalue weighted by Crippen LogP contribution is -2.41. The first-order valence-electron chi connectivity index (χ1n) is 8.88. The van der Waals surface area contributed by atoms with E-state index in [0.717, 1.165) is 27.7 Å². The highest BCUT2D eigenvalue weighted by Crippen LogP contribution is 2.26. The molecule has 0 aliphatic carbocycles. The van der Waals surface area contributed by atoms with Crippen molar-refractivity contribution in [3.05, 3.63) is 59.9 Å².